The first kappa shape index (κ1) is 9.97. The fourth-order valence-corrected chi connectivity index (χ4v) is 2.60. The fraction of sp³-hybridized carbons (Fsp3) is 0.909. The van der Waals surface area contributed by atoms with Gasteiger partial charge in [0, 0.05) is 25.0 Å². The highest BCUT2D eigenvalue weighted by molar-refractivity contribution is 5.79. The summed E-state index contributed by atoms with van der Waals surface area (Å²) in [5, 5.41) is 0. The van der Waals surface area contributed by atoms with Crippen molar-refractivity contribution in [3.8, 4) is 0 Å². The number of amides is 1. The van der Waals surface area contributed by atoms with Crippen molar-refractivity contribution in [1.29, 1.82) is 0 Å². The molecule has 14 heavy (non-hydrogen) atoms. The topological polar surface area (TPSA) is 46.3 Å². The number of rotatable bonds is 1. The Morgan fingerprint density at radius 3 is 2.43 bits per heavy atom. The number of likely N-dealkylation sites (tertiary alicyclic amines) is 1. The third-order valence-electron chi connectivity index (χ3n) is 3.69. The summed E-state index contributed by atoms with van der Waals surface area (Å²) in [7, 11) is 0. The summed E-state index contributed by atoms with van der Waals surface area (Å²) in [6, 6.07) is 0.195. The Bertz CT molecular complexity index is 213. The lowest BCUT2D eigenvalue weighted by Gasteiger charge is -2.19. The van der Waals surface area contributed by atoms with E-state index in [1.54, 1.807) is 0 Å². The first-order chi connectivity index (χ1) is 6.68. The Morgan fingerprint density at radius 2 is 1.93 bits per heavy atom. The van der Waals surface area contributed by atoms with E-state index < -0.39 is 0 Å². The Morgan fingerprint density at radius 1 is 1.29 bits per heavy atom. The monoisotopic (exact) mass is 196 g/mol. The summed E-state index contributed by atoms with van der Waals surface area (Å²) >= 11 is 0. The van der Waals surface area contributed by atoms with Gasteiger partial charge in [-0.3, -0.25) is 4.79 Å². The molecule has 2 N–H and O–H groups in total. The molecule has 0 aromatic carbocycles. The largest absolute Gasteiger partial charge is 0.341 e. The van der Waals surface area contributed by atoms with Crippen LogP contribution in [0.1, 0.15) is 32.6 Å². The minimum absolute atomic E-state index is 0.195. The van der Waals surface area contributed by atoms with Crippen LogP contribution in [-0.4, -0.2) is 29.9 Å². The highest BCUT2D eigenvalue weighted by Crippen LogP contribution is 2.28. The van der Waals surface area contributed by atoms with Crippen LogP contribution in [0.4, 0.5) is 0 Å². The highest BCUT2D eigenvalue weighted by Gasteiger charge is 2.34. The second-order valence-corrected chi connectivity index (χ2v) is 4.87. The Labute approximate surface area is 85.6 Å². The summed E-state index contributed by atoms with van der Waals surface area (Å²) in [5.74, 6) is 1.15. The molecule has 1 saturated carbocycles. The maximum absolute atomic E-state index is 12.0. The van der Waals surface area contributed by atoms with Crippen LogP contribution >= 0.6 is 0 Å². The lowest BCUT2D eigenvalue weighted by Crippen LogP contribution is -2.35. The van der Waals surface area contributed by atoms with Gasteiger partial charge in [0.25, 0.3) is 0 Å². The molecular weight excluding hydrogens is 176 g/mol. The molecule has 0 aromatic rings. The van der Waals surface area contributed by atoms with Crippen molar-refractivity contribution in [3.05, 3.63) is 0 Å². The van der Waals surface area contributed by atoms with Gasteiger partial charge in [0.05, 0.1) is 0 Å². The van der Waals surface area contributed by atoms with Crippen LogP contribution in [0.15, 0.2) is 0 Å². The summed E-state index contributed by atoms with van der Waals surface area (Å²) in [6.07, 6.45) is 4.65. The van der Waals surface area contributed by atoms with Gasteiger partial charge < -0.3 is 10.6 Å². The molecule has 2 rings (SSSR count). The van der Waals surface area contributed by atoms with Crippen LogP contribution in [0.3, 0.4) is 0 Å². The van der Waals surface area contributed by atoms with E-state index >= 15 is 0 Å². The van der Waals surface area contributed by atoms with Crippen LogP contribution in [0, 0.1) is 11.8 Å². The maximum Gasteiger partial charge on any atom is 0.225 e. The van der Waals surface area contributed by atoms with Crippen LogP contribution in [-0.2, 0) is 4.79 Å². The first-order valence-corrected chi connectivity index (χ1v) is 5.73. The van der Waals surface area contributed by atoms with Gasteiger partial charge in [0.15, 0.2) is 0 Å². The predicted molar refractivity (Wildman–Crippen MR) is 55.7 cm³/mol. The molecule has 2 atom stereocenters. The highest BCUT2D eigenvalue weighted by atomic mass is 16.2. The molecule has 2 unspecified atom stereocenters. The van der Waals surface area contributed by atoms with Crippen molar-refractivity contribution in [3.63, 3.8) is 0 Å². The summed E-state index contributed by atoms with van der Waals surface area (Å²) in [5.41, 5.74) is 5.91. The predicted octanol–water partition coefficient (Wildman–Crippen LogP) is 0.982. The average Bonchev–Trinajstić information content (AvgIpc) is 2.76. The van der Waals surface area contributed by atoms with E-state index in [0.29, 0.717) is 17.7 Å². The van der Waals surface area contributed by atoms with Gasteiger partial charge in [-0.2, -0.15) is 0 Å². The molecule has 80 valence electrons. The van der Waals surface area contributed by atoms with E-state index in [-0.39, 0.29) is 6.04 Å². The Balaban J connectivity index is 1.92. The van der Waals surface area contributed by atoms with Gasteiger partial charge in [0.1, 0.15) is 0 Å². The number of carbonyl (C=O) groups is 1. The lowest BCUT2D eigenvalue weighted by atomic mass is 10.1. The first-order valence-electron chi connectivity index (χ1n) is 5.73. The van der Waals surface area contributed by atoms with Gasteiger partial charge in [0.2, 0.25) is 5.91 Å². The number of hydrogen-bond acceptors (Lipinski definition) is 2. The molecule has 3 heteroatoms. The van der Waals surface area contributed by atoms with Crippen LogP contribution < -0.4 is 5.73 Å². The molecule has 1 aliphatic carbocycles. The van der Waals surface area contributed by atoms with Gasteiger partial charge in [-0.05, 0) is 18.8 Å². The molecule has 1 heterocycles. The molecule has 3 nitrogen and oxygen atoms in total. The SMILES string of the molecule is CC1CN(C(=O)C2CCCC2)CC1N. The van der Waals surface area contributed by atoms with Crippen molar-refractivity contribution in [2.75, 3.05) is 13.1 Å². The molecule has 0 aromatic heterocycles. The third kappa shape index (κ3) is 1.78. The Kier molecular flexibility index (Phi) is 2.77. The average molecular weight is 196 g/mol. The van der Waals surface area contributed by atoms with Gasteiger partial charge >= 0.3 is 0 Å². The molecule has 1 aliphatic heterocycles. The number of carbonyl (C=O) groups excluding carboxylic acids is 1. The number of hydrogen-bond donors (Lipinski definition) is 1. The standard InChI is InChI=1S/C11H20N2O/c1-8-6-13(7-10(8)12)11(14)9-4-2-3-5-9/h8-10H,2-7,12H2,1H3. The molecule has 0 bridgehead atoms. The summed E-state index contributed by atoms with van der Waals surface area (Å²) < 4.78 is 0. The zero-order chi connectivity index (χ0) is 10.1. The van der Waals surface area contributed by atoms with E-state index in [9.17, 15) is 4.79 Å². The maximum atomic E-state index is 12.0. The van der Waals surface area contributed by atoms with Gasteiger partial charge in [-0.1, -0.05) is 19.8 Å². The zero-order valence-electron chi connectivity index (χ0n) is 8.91. The van der Waals surface area contributed by atoms with Gasteiger partial charge in [-0.15, -0.1) is 0 Å². The van der Waals surface area contributed by atoms with Crippen LogP contribution in [0.25, 0.3) is 0 Å². The van der Waals surface area contributed by atoms with Crippen LogP contribution in [0.5, 0.6) is 0 Å². The van der Waals surface area contributed by atoms with E-state index in [1.807, 2.05) is 4.90 Å². The molecule has 0 spiro atoms. The van der Waals surface area contributed by atoms with Crippen molar-refractivity contribution in [2.24, 2.45) is 17.6 Å². The lowest BCUT2D eigenvalue weighted by molar-refractivity contribution is -0.134. The minimum atomic E-state index is 0.195. The summed E-state index contributed by atoms with van der Waals surface area (Å²) in [4.78, 5) is 14.0. The number of nitrogens with two attached hydrogens (primary N) is 1. The second-order valence-electron chi connectivity index (χ2n) is 4.87. The minimum Gasteiger partial charge on any atom is -0.341 e. The number of nitrogens with zero attached hydrogens (tertiary/aromatic N) is 1. The van der Waals surface area contributed by atoms with E-state index in [4.69, 9.17) is 5.73 Å². The molecular formula is C11H20N2O. The van der Waals surface area contributed by atoms with Crippen molar-refractivity contribution >= 4 is 5.91 Å². The molecule has 2 aliphatic rings. The summed E-state index contributed by atoms with van der Waals surface area (Å²) in [6.45, 7) is 3.78. The zero-order valence-corrected chi connectivity index (χ0v) is 8.91. The Hall–Kier alpha value is -0.570. The van der Waals surface area contributed by atoms with Crippen molar-refractivity contribution in [2.45, 2.75) is 38.6 Å². The molecule has 0 radical (unpaired) electrons. The normalized spacial score (nSPS) is 34.0. The van der Waals surface area contributed by atoms with Crippen molar-refractivity contribution in [1.82, 2.24) is 4.90 Å². The van der Waals surface area contributed by atoms with E-state index in [0.717, 1.165) is 25.9 Å². The van der Waals surface area contributed by atoms with Crippen LogP contribution in [0.2, 0.25) is 0 Å². The van der Waals surface area contributed by atoms with E-state index in [1.165, 1.54) is 12.8 Å². The molecule has 1 saturated heterocycles. The smallest absolute Gasteiger partial charge is 0.225 e. The van der Waals surface area contributed by atoms with Crippen molar-refractivity contribution < 1.29 is 4.79 Å². The van der Waals surface area contributed by atoms with E-state index in [2.05, 4.69) is 6.92 Å². The molecule has 1 amide bonds. The third-order valence-corrected chi connectivity index (χ3v) is 3.69. The second kappa shape index (κ2) is 3.89. The quantitative estimate of drug-likeness (QED) is 0.679. The molecule has 2 fully saturated rings. The van der Waals surface area contributed by atoms with Gasteiger partial charge in [-0.25, -0.2) is 0 Å². The fourth-order valence-electron chi connectivity index (χ4n) is 2.60.